The van der Waals surface area contributed by atoms with E-state index in [-0.39, 0.29) is 0 Å². The first kappa shape index (κ1) is 10.1. The van der Waals surface area contributed by atoms with Crippen molar-refractivity contribution in [2.24, 2.45) is 10.1 Å². The summed E-state index contributed by atoms with van der Waals surface area (Å²) in [7, 11) is 0. The molecule has 5 nitrogen and oxygen atoms in total. The summed E-state index contributed by atoms with van der Waals surface area (Å²) in [6.07, 6.45) is 1.25. The van der Waals surface area contributed by atoms with Gasteiger partial charge in [-0.1, -0.05) is 5.16 Å². The van der Waals surface area contributed by atoms with Gasteiger partial charge in [-0.3, -0.25) is 4.99 Å². The number of hydrogen-bond acceptors (Lipinski definition) is 5. The first-order chi connectivity index (χ1) is 5.82. The predicted molar refractivity (Wildman–Crippen MR) is 49.5 cm³/mol. The molecule has 1 aliphatic rings. The lowest BCUT2D eigenvalue weighted by atomic mass is 9.99. The van der Waals surface area contributed by atoms with E-state index >= 15 is 0 Å². The van der Waals surface area contributed by atoms with Gasteiger partial charge in [0.1, 0.15) is 5.66 Å². The zero-order chi connectivity index (χ0) is 10.3. The minimum absolute atomic E-state index is 0.558. The molecule has 0 amide bonds. The van der Waals surface area contributed by atoms with Gasteiger partial charge in [0.15, 0.2) is 0 Å². The SMILES string of the molecule is CC1(C)N=C(C=NO)C(C)(C)N1O. The molecular weight excluding hydrogens is 170 g/mol. The third kappa shape index (κ3) is 1.45. The summed E-state index contributed by atoms with van der Waals surface area (Å²) < 4.78 is 0. The lowest BCUT2D eigenvalue weighted by Crippen LogP contribution is -2.50. The summed E-state index contributed by atoms with van der Waals surface area (Å²) in [5.41, 5.74) is -0.724. The Bertz CT molecular complexity index is 269. The second-order valence-electron chi connectivity index (χ2n) is 4.11. The number of hydrogen-bond donors (Lipinski definition) is 2. The maximum atomic E-state index is 9.76. The number of aliphatic imine (C=N–C) groups is 1. The molecule has 0 aliphatic carbocycles. The normalized spacial score (nSPS) is 26.7. The van der Waals surface area contributed by atoms with Gasteiger partial charge in [-0.15, -0.1) is 0 Å². The van der Waals surface area contributed by atoms with Crippen LogP contribution in [0.1, 0.15) is 27.7 Å². The van der Waals surface area contributed by atoms with Gasteiger partial charge in [0, 0.05) is 0 Å². The van der Waals surface area contributed by atoms with E-state index in [9.17, 15) is 5.21 Å². The van der Waals surface area contributed by atoms with Crippen LogP contribution < -0.4 is 0 Å². The Morgan fingerprint density at radius 3 is 2.23 bits per heavy atom. The molecular formula is C8H15N3O2. The van der Waals surface area contributed by atoms with E-state index in [0.29, 0.717) is 5.71 Å². The average Bonchev–Trinajstić information content (AvgIpc) is 2.14. The molecule has 0 spiro atoms. The van der Waals surface area contributed by atoms with Crippen LogP contribution in [-0.2, 0) is 0 Å². The van der Waals surface area contributed by atoms with E-state index in [1.54, 1.807) is 13.8 Å². The highest BCUT2D eigenvalue weighted by Crippen LogP contribution is 2.32. The van der Waals surface area contributed by atoms with E-state index in [1.807, 2.05) is 13.8 Å². The molecule has 5 heteroatoms. The minimum Gasteiger partial charge on any atom is -0.411 e. The number of rotatable bonds is 1. The lowest BCUT2D eigenvalue weighted by molar-refractivity contribution is -0.187. The Morgan fingerprint density at radius 2 is 1.92 bits per heavy atom. The molecule has 0 atom stereocenters. The van der Waals surface area contributed by atoms with Crippen LogP contribution in [0.5, 0.6) is 0 Å². The van der Waals surface area contributed by atoms with Crippen LogP contribution in [0.15, 0.2) is 10.1 Å². The van der Waals surface area contributed by atoms with Crippen molar-refractivity contribution in [2.45, 2.75) is 38.9 Å². The predicted octanol–water partition coefficient (Wildman–Crippen LogP) is 1.11. The summed E-state index contributed by atoms with van der Waals surface area (Å²) in [5.74, 6) is 0. The maximum Gasteiger partial charge on any atom is 0.131 e. The Kier molecular flexibility index (Phi) is 2.17. The molecule has 0 bridgehead atoms. The van der Waals surface area contributed by atoms with Crippen molar-refractivity contribution in [2.75, 3.05) is 0 Å². The monoisotopic (exact) mass is 185 g/mol. The molecule has 1 aliphatic heterocycles. The topological polar surface area (TPSA) is 68.4 Å². The van der Waals surface area contributed by atoms with Gasteiger partial charge >= 0.3 is 0 Å². The number of oxime groups is 1. The standard InChI is InChI=1S/C8H15N3O2/c1-7(2)6(5-9-12)10-8(3,4)11(7)13/h5,12-13H,1-4H3. The van der Waals surface area contributed by atoms with Crippen LogP contribution in [0.3, 0.4) is 0 Å². The second kappa shape index (κ2) is 2.78. The van der Waals surface area contributed by atoms with Crippen molar-refractivity contribution in [1.82, 2.24) is 5.06 Å². The van der Waals surface area contributed by atoms with Crippen LogP contribution in [0.25, 0.3) is 0 Å². The maximum absolute atomic E-state index is 9.76. The van der Waals surface area contributed by atoms with Gasteiger partial charge in [0.2, 0.25) is 0 Å². The number of hydroxylamine groups is 2. The van der Waals surface area contributed by atoms with E-state index in [1.165, 1.54) is 6.21 Å². The van der Waals surface area contributed by atoms with E-state index < -0.39 is 11.2 Å². The largest absolute Gasteiger partial charge is 0.411 e. The molecule has 0 saturated heterocycles. The quantitative estimate of drug-likeness (QED) is 0.365. The van der Waals surface area contributed by atoms with Crippen molar-refractivity contribution in [1.29, 1.82) is 0 Å². The van der Waals surface area contributed by atoms with Crippen molar-refractivity contribution < 1.29 is 10.4 Å². The molecule has 1 rings (SSSR count). The van der Waals surface area contributed by atoms with Crippen molar-refractivity contribution >= 4 is 11.9 Å². The first-order valence-corrected chi connectivity index (χ1v) is 4.09. The molecule has 0 fully saturated rings. The van der Waals surface area contributed by atoms with E-state index in [4.69, 9.17) is 5.21 Å². The minimum atomic E-state index is -0.667. The first-order valence-electron chi connectivity index (χ1n) is 4.09. The summed E-state index contributed by atoms with van der Waals surface area (Å²) >= 11 is 0. The Morgan fingerprint density at radius 1 is 1.38 bits per heavy atom. The fraction of sp³-hybridized carbons (Fsp3) is 0.750. The van der Waals surface area contributed by atoms with Crippen molar-refractivity contribution in [3.63, 3.8) is 0 Å². The zero-order valence-corrected chi connectivity index (χ0v) is 8.31. The summed E-state index contributed by atoms with van der Waals surface area (Å²) in [6.45, 7) is 7.18. The molecule has 2 N–H and O–H groups in total. The fourth-order valence-corrected chi connectivity index (χ4v) is 1.51. The van der Waals surface area contributed by atoms with Crippen LogP contribution >= 0.6 is 0 Å². The molecule has 0 aromatic rings. The van der Waals surface area contributed by atoms with Crippen LogP contribution in [-0.4, -0.2) is 38.6 Å². The van der Waals surface area contributed by atoms with Crippen LogP contribution in [0.2, 0.25) is 0 Å². The molecule has 0 aromatic carbocycles. The smallest absolute Gasteiger partial charge is 0.131 e. The van der Waals surface area contributed by atoms with Gasteiger partial charge in [0.05, 0.1) is 17.5 Å². The Labute approximate surface area is 77.3 Å². The van der Waals surface area contributed by atoms with Gasteiger partial charge < -0.3 is 10.4 Å². The molecule has 1 heterocycles. The molecule has 0 radical (unpaired) electrons. The zero-order valence-electron chi connectivity index (χ0n) is 8.31. The summed E-state index contributed by atoms with van der Waals surface area (Å²) in [5, 5.41) is 22.2. The van der Waals surface area contributed by atoms with Crippen LogP contribution in [0, 0.1) is 0 Å². The average molecular weight is 185 g/mol. The summed E-state index contributed by atoms with van der Waals surface area (Å²) in [4.78, 5) is 4.23. The Hall–Kier alpha value is -0.940. The summed E-state index contributed by atoms with van der Waals surface area (Å²) in [6, 6.07) is 0. The number of nitrogens with zero attached hydrogens (tertiary/aromatic N) is 3. The van der Waals surface area contributed by atoms with Crippen LogP contribution in [0.4, 0.5) is 0 Å². The highest BCUT2D eigenvalue weighted by atomic mass is 16.5. The fourth-order valence-electron chi connectivity index (χ4n) is 1.51. The Balaban J connectivity index is 3.09. The second-order valence-corrected chi connectivity index (χ2v) is 4.11. The van der Waals surface area contributed by atoms with Crippen molar-refractivity contribution in [3.05, 3.63) is 0 Å². The molecule has 13 heavy (non-hydrogen) atoms. The van der Waals surface area contributed by atoms with Gasteiger partial charge in [-0.2, -0.15) is 5.06 Å². The molecule has 0 saturated carbocycles. The molecule has 0 aromatic heterocycles. The molecule has 0 unspecified atom stereocenters. The third-order valence-electron chi connectivity index (χ3n) is 2.25. The third-order valence-corrected chi connectivity index (χ3v) is 2.25. The van der Waals surface area contributed by atoms with Gasteiger partial charge in [-0.25, -0.2) is 0 Å². The lowest BCUT2D eigenvalue weighted by Gasteiger charge is -2.33. The highest BCUT2D eigenvalue weighted by Gasteiger charge is 2.46. The van der Waals surface area contributed by atoms with Gasteiger partial charge in [0.25, 0.3) is 0 Å². The molecule has 74 valence electrons. The highest BCUT2D eigenvalue weighted by molar-refractivity contribution is 6.34. The van der Waals surface area contributed by atoms with E-state index in [0.717, 1.165) is 5.06 Å². The van der Waals surface area contributed by atoms with Crippen molar-refractivity contribution in [3.8, 4) is 0 Å². The van der Waals surface area contributed by atoms with E-state index in [2.05, 4.69) is 10.1 Å². The van der Waals surface area contributed by atoms with Gasteiger partial charge in [-0.05, 0) is 27.7 Å².